The Labute approximate surface area is 190 Å². The van der Waals surface area contributed by atoms with E-state index in [2.05, 4.69) is 15.0 Å². The first kappa shape index (κ1) is 21.6. The molecule has 0 saturated carbocycles. The molecule has 0 spiro atoms. The summed E-state index contributed by atoms with van der Waals surface area (Å²) in [6.45, 7) is 0. The van der Waals surface area contributed by atoms with Crippen LogP contribution in [-0.2, 0) is 10.0 Å². The summed E-state index contributed by atoms with van der Waals surface area (Å²) in [4.78, 5) is 27.9. The fraction of sp³-hybridized carbons (Fsp3) is 0. The molecule has 0 saturated heterocycles. The number of nitro groups is 1. The normalized spacial score (nSPS) is 11.1. The van der Waals surface area contributed by atoms with Gasteiger partial charge in [-0.05, 0) is 36.4 Å². The average molecular weight is 487 g/mol. The number of benzene rings is 2. The van der Waals surface area contributed by atoms with Crippen molar-refractivity contribution < 1.29 is 18.1 Å². The van der Waals surface area contributed by atoms with Gasteiger partial charge in [0.05, 0.1) is 25.8 Å². The van der Waals surface area contributed by atoms with Gasteiger partial charge in [0.15, 0.2) is 5.13 Å². The monoisotopic (exact) mass is 486 g/mol. The van der Waals surface area contributed by atoms with Crippen molar-refractivity contribution in [2.75, 3.05) is 10.0 Å². The first-order valence-corrected chi connectivity index (χ1v) is 12.2. The second-order valence-electron chi connectivity index (χ2n) is 6.41. The van der Waals surface area contributed by atoms with E-state index < -0.39 is 20.9 Å². The number of rotatable bonds is 7. The Morgan fingerprint density at radius 1 is 1.00 bits per heavy atom. The predicted octanol–water partition coefficient (Wildman–Crippen LogP) is 4.83. The molecule has 4 aromatic rings. The second-order valence-corrected chi connectivity index (χ2v) is 9.87. The van der Waals surface area contributed by atoms with Crippen LogP contribution < -0.4 is 10.0 Å². The van der Waals surface area contributed by atoms with Gasteiger partial charge in [-0.1, -0.05) is 18.2 Å². The highest BCUT2D eigenvalue weighted by molar-refractivity contribution is 7.92. The topological polar surface area (TPSA) is 131 Å². The van der Waals surface area contributed by atoms with Gasteiger partial charge in [0.2, 0.25) is 0 Å². The lowest BCUT2D eigenvalue weighted by Gasteiger charge is -2.08. The highest BCUT2D eigenvalue weighted by Crippen LogP contribution is 2.33. The van der Waals surface area contributed by atoms with Crippen molar-refractivity contribution in [2.45, 2.75) is 4.90 Å². The third-order valence-electron chi connectivity index (χ3n) is 4.23. The van der Waals surface area contributed by atoms with Gasteiger partial charge in [-0.2, -0.15) is 0 Å². The number of thiophene rings is 1. The van der Waals surface area contributed by atoms with E-state index in [9.17, 15) is 23.3 Å². The molecule has 0 atom stereocenters. The van der Waals surface area contributed by atoms with E-state index in [1.807, 2.05) is 0 Å². The number of hydrogen-bond donors (Lipinski definition) is 2. The summed E-state index contributed by atoms with van der Waals surface area (Å²) < 4.78 is 27.2. The summed E-state index contributed by atoms with van der Waals surface area (Å²) in [6.07, 6.45) is 0. The second kappa shape index (κ2) is 8.86. The summed E-state index contributed by atoms with van der Waals surface area (Å²) in [6, 6.07) is 15.4. The van der Waals surface area contributed by atoms with Gasteiger partial charge < -0.3 is 0 Å². The first-order valence-electron chi connectivity index (χ1n) is 9.00. The number of hydrogen-bond acceptors (Lipinski definition) is 8. The summed E-state index contributed by atoms with van der Waals surface area (Å²) in [5.74, 6) is -0.416. The van der Waals surface area contributed by atoms with E-state index in [4.69, 9.17) is 0 Å². The minimum absolute atomic E-state index is 0.00781. The van der Waals surface area contributed by atoms with Crippen molar-refractivity contribution in [1.82, 2.24) is 4.98 Å². The van der Waals surface area contributed by atoms with Crippen molar-refractivity contribution >= 4 is 55.1 Å². The molecule has 0 bridgehead atoms. The minimum Gasteiger partial charge on any atom is -0.298 e. The molecule has 2 aromatic carbocycles. The number of carbonyl (C=O) groups is 1. The average Bonchev–Trinajstić information content (AvgIpc) is 3.44. The summed E-state index contributed by atoms with van der Waals surface area (Å²) in [5, 5.41) is 17.0. The Hall–Kier alpha value is -3.61. The fourth-order valence-corrected chi connectivity index (χ4v) is 5.35. The van der Waals surface area contributed by atoms with Crippen molar-refractivity contribution in [3.05, 3.63) is 87.1 Å². The van der Waals surface area contributed by atoms with E-state index >= 15 is 0 Å². The van der Waals surface area contributed by atoms with Crippen molar-refractivity contribution in [2.24, 2.45) is 0 Å². The van der Waals surface area contributed by atoms with Crippen LogP contribution in [0.25, 0.3) is 10.6 Å². The summed E-state index contributed by atoms with van der Waals surface area (Å²) >= 11 is 2.39. The molecule has 0 radical (unpaired) electrons. The molecular formula is C20H14N4O5S3. The number of amides is 1. The molecule has 0 fully saturated rings. The van der Waals surface area contributed by atoms with Crippen LogP contribution in [0, 0.1) is 10.1 Å². The molecule has 32 heavy (non-hydrogen) atoms. The quantitative estimate of drug-likeness (QED) is 0.284. The molecule has 0 aliphatic heterocycles. The Morgan fingerprint density at radius 2 is 1.72 bits per heavy atom. The zero-order valence-corrected chi connectivity index (χ0v) is 18.5. The molecule has 162 valence electrons. The number of thiazole rings is 1. The van der Waals surface area contributed by atoms with Gasteiger partial charge in [-0.15, -0.1) is 22.7 Å². The highest BCUT2D eigenvalue weighted by atomic mass is 32.2. The van der Waals surface area contributed by atoms with Crippen LogP contribution in [0.5, 0.6) is 0 Å². The van der Waals surface area contributed by atoms with Crippen molar-refractivity contribution in [1.29, 1.82) is 0 Å². The van der Waals surface area contributed by atoms with Crippen LogP contribution in [0.15, 0.2) is 76.3 Å². The van der Waals surface area contributed by atoms with E-state index in [0.717, 1.165) is 0 Å². The maximum Gasteiger partial charge on any atom is 0.280 e. The molecule has 0 unspecified atom stereocenters. The van der Waals surface area contributed by atoms with Crippen LogP contribution in [0.3, 0.4) is 0 Å². The molecule has 12 heteroatoms. The van der Waals surface area contributed by atoms with E-state index in [-0.39, 0.29) is 10.6 Å². The molecular weight excluding hydrogens is 472 g/mol. The Bertz CT molecular complexity index is 1380. The first-order chi connectivity index (χ1) is 15.3. The van der Waals surface area contributed by atoms with Crippen molar-refractivity contribution in [3.8, 4) is 10.6 Å². The number of sulfonamides is 1. The number of aromatic nitrogens is 1. The predicted molar refractivity (Wildman–Crippen MR) is 124 cm³/mol. The largest absolute Gasteiger partial charge is 0.298 e. The number of nitrogens with one attached hydrogen (secondary N) is 2. The summed E-state index contributed by atoms with van der Waals surface area (Å²) in [5.41, 5.74) is 1.16. The number of nitrogens with zero attached hydrogens (tertiary/aromatic N) is 2. The molecule has 1 amide bonds. The summed E-state index contributed by atoms with van der Waals surface area (Å²) in [7, 11) is -3.72. The number of carbonyl (C=O) groups excluding carboxylic acids is 1. The molecule has 4 rings (SSSR count). The van der Waals surface area contributed by atoms with Gasteiger partial charge >= 0.3 is 0 Å². The van der Waals surface area contributed by atoms with Crippen LogP contribution in [0.1, 0.15) is 10.4 Å². The van der Waals surface area contributed by atoms with Crippen molar-refractivity contribution in [3.63, 3.8) is 0 Å². The molecule has 9 nitrogen and oxygen atoms in total. The van der Waals surface area contributed by atoms with Gasteiger partial charge in [0, 0.05) is 22.7 Å². The van der Waals surface area contributed by atoms with E-state index in [1.54, 1.807) is 23.6 Å². The molecule has 2 heterocycles. The Balaban J connectivity index is 1.42. The maximum absolute atomic E-state index is 12.5. The number of anilines is 2. The molecule has 2 aromatic heterocycles. The Kier molecular flexibility index (Phi) is 5.99. The van der Waals surface area contributed by atoms with Crippen LogP contribution >= 0.6 is 22.7 Å². The zero-order valence-electron chi connectivity index (χ0n) is 16.1. The van der Waals surface area contributed by atoms with Crippen LogP contribution in [0.2, 0.25) is 0 Å². The third kappa shape index (κ3) is 4.82. The molecule has 0 aliphatic rings. The van der Waals surface area contributed by atoms with Gasteiger partial charge in [0.1, 0.15) is 0 Å². The lowest BCUT2D eigenvalue weighted by molar-refractivity contribution is -0.384. The van der Waals surface area contributed by atoms with Gasteiger partial charge in [-0.3, -0.25) is 24.9 Å². The van der Waals surface area contributed by atoms with E-state index in [1.165, 1.54) is 70.5 Å². The van der Waals surface area contributed by atoms with Crippen LogP contribution in [0.4, 0.5) is 16.5 Å². The van der Waals surface area contributed by atoms with Gasteiger partial charge in [-0.25, -0.2) is 13.4 Å². The lowest BCUT2D eigenvalue weighted by Crippen LogP contribution is -2.14. The maximum atomic E-state index is 12.5. The fourth-order valence-electron chi connectivity index (χ4n) is 2.67. The third-order valence-corrected chi connectivity index (χ3v) is 7.32. The van der Waals surface area contributed by atoms with Gasteiger partial charge in [0.25, 0.3) is 21.6 Å². The minimum atomic E-state index is -3.72. The van der Waals surface area contributed by atoms with Crippen LogP contribution in [-0.4, -0.2) is 24.2 Å². The van der Waals surface area contributed by atoms with E-state index in [0.29, 0.717) is 27.0 Å². The molecule has 0 aliphatic carbocycles. The lowest BCUT2D eigenvalue weighted by atomic mass is 10.2. The standard InChI is InChI=1S/C20H14N4O5S3/c25-19(22-20-21-17(12-31-20)18-10-15(11-30-18)24(26)27)13-6-8-14(9-7-13)23-32(28,29)16-4-2-1-3-5-16/h1-12,23H,(H,21,22,25). The SMILES string of the molecule is O=C(Nc1nc(-c2cc([N+](=O)[O-])cs2)cs1)c1ccc(NS(=O)(=O)c2ccccc2)cc1. The smallest absolute Gasteiger partial charge is 0.280 e. The zero-order chi connectivity index (χ0) is 22.7. The highest BCUT2D eigenvalue weighted by Gasteiger charge is 2.16. The molecule has 2 N–H and O–H groups in total. The Morgan fingerprint density at radius 3 is 2.38 bits per heavy atom.